The van der Waals surface area contributed by atoms with Crippen LogP contribution in [-0.4, -0.2) is 0 Å². The van der Waals surface area contributed by atoms with Gasteiger partial charge in [0.05, 0.1) is 0 Å². The molecule has 0 nitrogen and oxygen atoms in total. The van der Waals surface area contributed by atoms with E-state index >= 15 is 0 Å². The zero-order chi connectivity index (χ0) is 18.9. The Morgan fingerprint density at radius 3 is 2.15 bits per heavy atom. The molecule has 1 atom stereocenters. The first-order valence-corrected chi connectivity index (χ1v) is 12.1. The summed E-state index contributed by atoms with van der Waals surface area (Å²) in [7, 11) is 0. The highest BCUT2D eigenvalue weighted by atomic mass is 14.3. The summed E-state index contributed by atoms with van der Waals surface area (Å²) in [6.45, 7) is 4.66. The number of benzene rings is 1. The standard InChI is InChI=1S/C27H42/c1-3-5-6-7-8-9-23-12-16-25(17-13-23)27-20-18-26(19-21-27)24-14-10-22(4-2)11-15-24/h16,18-24H,3-15,17H2,1-2H3/t22-,23?,24-. The molecule has 0 aromatic heterocycles. The number of allylic oxidation sites excluding steroid dienone is 2. The van der Waals surface area contributed by atoms with E-state index in [2.05, 4.69) is 44.2 Å². The lowest BCUT2D eigenvalue weighted by Gasteiger charge is -2.28. The van der Waals surface area contributed by atoms with Crippen molar-refractivity contribution < 1.29 is 0 Å². The van der Waals surface area contributed by atoms with Gasteiger partial charge < -0.3 is 0 Å². The lowest BCUT2D eigenvalue weighted by molar-refractivity contribution is 0.319. The van der Waals surface area contributed by atoms with Gasteiger partial charge in [-0.1, -0.05) is 89.1 Å². The molecule has 0 amide bonds. The highest BCUT2D eigenvalue weighted by Crippen LogP contribution is 2.38. The monoisotopic (exact) mass is 366 g/mol. The molecule has 3 rings (SSSR count). The van der Waals surface area contributed by atoms with Crippen molar-refractivity contribution in [3.63, 3.8) is 0 Å². The van der Waals surface area contributed by atoms with Crippen molar-refractivity contribution in [2.45, 2.75) is 110 Å². The van der Waals surface area contributed by atoms with E-state index in [1.54, 1.807) is 11.1 Å². The fourth-order valence-corrected chi connectivity index (χ4v) is 5.32. The summed E-state index contributed by atoms with van der Waals surface area (Å²) < 4.78 is 0. The van der Waals surface area contributed by atoms with Crippen molar-refractivity contribution in [2.24, 2.45) is 11.8 Å². The van der Waals surface area contributed by atoms with E-state index in [4.69, 9.17) is 0 Å². The van der Waals surface area contributed by atoms with Gasteiger partial charge in [0.2, 0.25) is 0 Å². The van der Waals surface area contributed by atoms with E-state index in [0.717, 1.165) is 17.8 Å². The van der Waals surface area contributed by atoms with Crippen LogP contribution in [-0.2, 0) is 0 Å². The topological polar surface area (TPSA) is 0 Å². The lowest BCUT2D eigenvalue weighted by Crippen LogP contribution is -2.12. The van der Waals surface area contributed by atoms with Gasteiger partial charge in [-0.15, -0.1) is 0 Å². The molecule has 1 aromatic rings. The summed E-state index contributed by atoms with van der Waals surface area (Å²) in [6, 6.07) is 9.70. The molecule has 0 spiro atoms. The minimum atomic E-state index is 0.819. The van der Waals surface area contributed by atoms with Gasteiger partial charge in [0.1, 0.15) is 0 Å². The summed E-state index contributed by atoms with van der Waals surface area (Å²) in [5.74, 6) is 2.76. The second-order valence-electron chi connectivity index (χ2n) is 9.32. The molecule has 1 saturated carbocycles. The van der Waals surface area contributed by atoms with Crippen molar-refractivity contribution >= 4 is 5.57 Å². The zero-order valence-corrected chi connectivity index (χ0v) is 18.0. The first-order valence-electron chi connectivity index (χ1n) is 12.1. The van der Waals surface area contributed by atoms with E-state index < -0.39 is 0 Å². The smallest absolute Gasteiger partial charge is 0.0162 e. The fourth-order valence-electron chi connectivity index (χ4n) is 5.32. The molecule has 0 radical (unpaired) electrons. The van der Waals surface area contributed by atoms with Crippen LogP contribution in [0.15, 0.2) is 30.3 Å². The van der Waals surface area contributed by atoms with Crippen LogP contribution in [0.2, 0.25) is 0 Å². The fraction of sp³-hybridized carbons (Fsp3) is 0.704. The Morgan fingerprint density at radius 1 is 0.778 bits per heavy atom. The van der Waals surface area contributed by atoms with Gasteiger partial charge >= 0.3 is 0 Å². The largest absolute Gasteiger partial charge is 0.0804 e. The molecular weight excluding hydrogens is 324 g/mol. The summed E-state index contributed by atoms with van der Waals surface area (Å²) in [6.07, 6.45) is 22.2. The molecule has 1 aromatic carbocycles. The Hall–Kier alpha value is -1.04. The van der Waals surface area contributed by atoms with Crippen molar-refractivity contribution in [1.29, 1.82) is 0 Å². The number of rotatable bonds is 9. The van der Waals surface area contributed by atoms with E-state index in [1.165, 1.54) is 95.5 Å². The Bertz CT molecular complexity index is 556. The van der Waals surface area contributed by atoms with Crippen LogP contribution in [0, 0.1) is 11.8 Å². The highest BCUT2D eigenvalue weighted by molar-refractivity contribution is 5.66. The van der Waals surface area contributed by atoms with Crippen LogP contribution in [0.4, 0.5) is 0 Å². The molecule has 1 unspecified atom stereocenters. The molecule has 0 N–H and O–H groups in total. The maximum atomic E-state index is 2.56. The first kappa shape index (κ1) is 20.7. The molecular formula is C27H42. The number of hydrogen-bond donors (Lipinski definition) is 0. The molecule has 150 valence electrons. The minimum Gasteiger partial charge on any atom is -0.0804 e. The molecule has 2 aliphatic carbocycles. The Morgan fingerprint density at radius 2 is 1.52 bits per heavy atom. The molecule has 0 bridgehead atoms. The molecule has 0 aliphatic heterocycles. The quantitative estimate of drug-likeness (QED) is 0.383. The molecule has 0 heterocycles. The molecule has 27 heavy (non-hydrogen) atoms. The zero-order valence-electron chi connectivity index (χ0n) is 18.0. The predicted molar refractivity (Wildman–Crippen MR) is 120 cm³/mol. The SMILES string of the molecule is CCCCCCCC1CC=C(c2ccc([C@H]3CC[C@H](CC)CC3)cc2)CC1. The maximum Gasteiger partial charge on any atom is -0.0162 e. The van der Waals surface area contributed by atoms with E-state index in [1.807, 2.05) is 0 Å². The average Bonchev–Trinajstić information content (AvgIpc) is 2.74. The second kappa shape index (κ2) is 11.1. The maximum absolute atomic E-state index is 2.56. The van der Waals surface area contributed by atoms with Crippen LogP contribution < -0.4 is 0 Å². The van der Waals surface area contributed by atoms with Gasteiger partial charge in [0.25, 0.3) is 0 Å². The molecule has 1 fully saturated rings. The van der Waals surface area contributed by atoms with E-state index in [-0.39, 0.29) is 0 Å². The van der Waals surface area contributed by atoms with Crippen molar-refractivity contribution in [3.05, 3.63) is 41.5 Å². The third-order valence-corrected chi connectivity index (χ3v) is 7.41. The van der Waals surface area contributed by atoms with Gasteiger partial charge in [-0.05, 0) is 79.4 Å². The van der Waals surface area contributed by atoms with Gasteiger partial charge in [-0.3, -0.25) is 0 Å². The Labute approximate surface area is 168 Å². The van der Waals surface area contributed by atoms with Crippen LogP contribution in [0.1, 0.15) is 121 Å². The third kappa shape index (κ3) is 6.23. The van der Waals surface area contributed by atoms with Crippen LogP contribution in [0.25, 0.3) is 5.57 Å². The van der Waals surface area contributed by atoms with Gasteiger partial charge in [-0.25, -0.2) is 0 Å². The van der Waals surface area contributed by atoms with Crippen LogP contribution in [0.3, 0.4) is 0 Å². The van der Waals surface area contributed by atoms with Gasteiger partial charge in [-0.2, -0.15) is 0 Å². The van der Waals surface area contributed by atoms with Crippen molar-refractivity contribution in [3.8, 4) is 0 Å². The average molecular weight is 367 g/mol. The van der Waals surface area contributed by atoms with Crippen molar-refractivity contribution in [1.82, 2.24) is 0 Å². The molecule has 0 heteroatoms. The predicted octanol–water partition coefficient (Wildman–Crippen LogP) is 8.91. The van der Waals surface area contributed by atoms with Crippen LogP contribution in [0.5, 0.6) is 0 Å². The minimum absolute atomic E-state index is 0.819. The normalized spacial score (nSPS) is 26.0. The first-order chi connectivity index (χ1) is 13.3. The van der Waals surface area contributed by atoms with Gasteiger partial charge in [0, 0.05) is 0 Å². The second-order valence-corrected chi connectivity index (χ2v) is 9.32. The molecule has 0 saturated heterocycles. The van der Waals surface area contributed by atoms with Gasteiger partial charge in [0.15, 0.2) is 0 Å². The summed E-state index contributed by atoms with van der Waals surface area (Å²) in [5, 5.41) is 0. The number of hydrogen-bond acceptors (Lipinski definition) is 0. The number of unbranched alkanes of at least 4 members (excludes halogenated alkanes) is 4. The Kier molecular flexibility index (Phi) is 8.49. The highest BCUT2D eigenvalue weighted by Gasteiger charge is 2.21. The summed E-state index contributed by atoms with van der Waals surface area (Å²) >= 11 is 0. The third-order valence-electron chi connectivity index (χ3n) is 7.41. The van der Waals surface area contributed by atoms with Crippen LogP contribution >= 0.6 is 0 Å². The van der Waals surface area contributed by atoms with Crippen molar-refractivity contribution in [2.75, 3.05) is 0 Å². The van der Waals surface area contributed by atoms with E-state index in [0.29, 0.717) is 0 Å². The molecule has 2 aliphatic rings. The lowest BCUT2D eigenvalue weighted by atomic mass is 9.77. The Balaban J connectivity index is 1.45. The van der Waals surface area contributed by atoms with E-state index in [9.17, 15) is 0 Å². The summed E-state index contributed by atoms with van der Waals surface area (Å²) in [4.78, 5) is 0. The summed E-state index contributed by atoms with van der Waals surface area (Å²) in [5.41, 5.74) is 4.69.